The van der Waals surface area contributed by atoms with Gasteiger partial charge in [-0.15, -0.1) is 28.5 Å². The molecule has 3 N–H and O–H groups in total. The highest BCUT2D eigenvalue weighted by atomic mass is 32.1. The Hall–Kier alpha value is -3.88. The Morgan fingerprint density at radius 3 is 2.61 bits per heavy atom. The van der Waals surface area contributed by atoms with E-state index in [1.54, 1.807) is 10.9 Å². The largest absolute Gasteiger partial charge is 0.573 e. The molecule has 1 amide bonds. The summed E-state index contributed by atoms with van der Waals surface area (Å²) >= 11 is 1.24. The number of benzene rings is 2. The summed E-state index contributed by atoms with van der Waals surface area (Å²) in [6.07, 6.45) is -2.01. The van der Waals surface area contributed by atoms with Crippen LogP contribution in [0.2, 0.25) is 0 Å². The van der Waals surface area contributed by atoms with Crippen LogP contribution in [0.3, 0.4) is 0 Å². The second-order valence-corrected chi connectivity index (χ2v) is 10.9. The molecule has 14 heteroatoms. The van der Waals surface area contributed by atoms with Gasteiger partial charge in [-0.25, -0.2) is 0 Å². The van der Waals surface area contributed by atoms with Crippen molar-refractivity contribution >= 4 is 22.4 Å². The fourth-order valence-corrected chi connectivity index (χ4v) is 4.86. The van der Waals surface area contributed by atoms with Crippen LogP contribution in [0.5, 0.6) is 5.75 Å². The van der Waals surface area contributed by atoms with Gasteiger partial charge in [-0.2, -0.15) is 0 Å². The van der Waals surface area contributed by atoms with Gasteiger partial charge in [0.2, 0.25) is 11.0 Å². The van der Waals surface area contributed by atoms with Gasteiger partial charge in [-0.1, -0.05) is 59.0 Å². The van der Waals surface area contributed by atoms with E-state index in [-0.39, 0.29) is 12.2 Å². The number of amides is 1. The predicted octanol–water partition coefficient (Wildman–Crippen LogP) is 4.75. The number of ether oxygens (including phenoxy) is 1. The van der Waals surface area contributed by atoms with Gasteiger partial charge in [0.25, 0.3) is 0 Å². The minimum absolute atomic E-state index is 0.141. The quantitative estimate of drug-likeness (QED) is 0.151. The molecule has 0 aliphatic carbocycles. The molecule has 218 valence electrons. The van der Waals surface area contributed by atoms with Gasteiger partial charge in [-0.3, -0.25) is 14.8 Å². The number of nitrogens with zero attached hydrogens (tertiary/aromatic N) is 5. The number of aryl methyl sites for hydroxylation is 2. The number of aliphatic hydroxyl groups is 1. The molecule has 0 fully saturated rings. The summed E-state index contributed by atoms with van der Waals surface area (Å²) in [5, 5.41) is 33.8. The lowest BCUT2D eigenvalue weighted by molar-refractivity contribution is -0.274. The number of unbranched alkanes of at least 4 members (excludes halogenated alkanes) is 1. The van der Waals surface area contributed by atoms with Gasteiger partial charge >= 0.3 is 6.36 Å². The number of aromatic nitrogens is 5. The minimum Gasteiger partial charge on any atom is -0.406 e. The number of carbonyl (C=O) groups excluding carboxylic acids is 1. The number of anilines is 1. The topological polar surface area (TPSA) is 127 Å². The van der Waals surface area contributed by atoms with Crippen molar-refractivity contribution in [1.82, 2.24) is 30.5 Å². The summed E-state index contributed by atoms with van der Waals surface area (Å²) < 4.78 is 42.8. The summed E-state index contributed by atoms with van der Waals surface area (Å²) in [5.41, 5.74) is 1.36. The van der Waals surface area contributed by atoms with Crippen molar-refractivity contribution in [2.45, 2.75) is 64.2 Å². The molecule has 0 aliphatic rings. The Morgan fingerprint density at radius 1 is 1.07 bits per heavy atom. The fourth-order valence-electron chi connectivity index (χ4n) is 4.06. The van der Waals surface area contributed by atoms with Crippen molar-refractivity contribution in [2.24, 2.45) is 0 Å². The van der Waals surface area contributed by atoms with Crippen LogP contribution in [0.15, 0.2) is 60.8 Å². The molecule has 0 bridgehead atoms. The third kappa shape index (κ3) is 9.33. The highest BCUT2D eigenvalue weighted by molar-refractivity contribution is 7.15. The van der Waals surface area contributed by atoms with E-state index < -0.39 is 24.0 Å². The van der Waals surface area contributed by atoms with E-state index in [4.69, 9.17) is 0 Å². The molecular formula is C27H30F3N7O3S. The highest BCUT2D eigenvalue weighted by Gasteiger charge is 2.31. The molecule has 0 radical (unpaired) electrons. The number of hydrogen-bond donors (Lipinski definition) is 3. The maximum atomic E-state index is 12.4. The van der Waals surface area contributed by atoms with Crippen LogP contribution in [-0.2, 0) is 29.7 Å². The molecule has 2 heterocycles. The molecule has 0 saturated carbocycles. The predicted molar refractivity (Wildman–Crippen MR) is 146 cm³/mol. The van der Waals surface area contributed by atoms with E-state index in [1.807, 2.05) is 44.2 Å². The minimum atomic E-state index is -4.80. The van der Waals surface area contributed by atoms with E-state index in [1.165, 1.54) is 35.6 Å². The van der Waals surface area contributed by atoms with Crippen molar-refractivity contribution in [3.63, 3.8) is 0 Å². The zero-order chi connectivity index (χ0) is 29.5. The van der Waals surface area contributed by atoms with Crippen LogP contribution in [0.25, 0.3) is 0 Å². The number of nitrogens with one attached hydrogen (secondary N) is 2. The zero-order valence-electron chi connectivity index (χ0n) is 22.4. The molecule has 4 rings (SSSR count). The standard InChI is InChI=1S/C27H30F3N7O3S/c1-26(2,19-10-4-3-5-11-19)32-24(39)21-17-37(36-33-21)14-7-6-13-23-34-35-25(41-23)31-22(38)16-18-9-8-12-20(15-18)40-27(28,29)30/h3-5,8-12,15,17,24,32,39H,6-7,13-14,16H2,1-2H3,(H,31,35,38). The van der Waals surface area contributed by atoms with E-state index >= 15 is 0 Å². The molecule has 2 aromatic carbocycles. The molecule has 2 aromatic heterocycles. The SMILES string of the molecule is CC(C)(NC(O)c1cn(CCCCc2nnc(NC(=O)Cc3cccc(OC(F)(F)F)c3)s2)nn1)c1ccccc1. The second-order valence-electron chi connectivity index (χ2n) is 9.82. The van der Waals surface area contributed by atoms with Gasteiger partial charge in [0.15, 0.2) is 6.23 Å². The van der Waals surface area contributed by atoms with E-state index in [0.29, 0.717) is 29.4 Å². The van der Waals surface area contributed by atoms with Gasteiger partial charge in [0.1, 0.15) is 16.5 Å². The van der Waals surface area contributed by atoms with Crippen molar-refractivity contribution in [3.8, 4) is 5.75 Å². The lowest BCUT2D eigenvalue weighted by Crippen LogP contribution is -2.39. The van der Waals surface area contributed by atoms with E-state index in [9.17, 15) is 23.1 Å². The summed E-state index contributed by atoms with van der Waals surface area (Å²) in [4.78, 5) is 12.3. The average molecular weight is 590 g/mol. The van der Waals surface area contributed by atoms with E-state index in [2.05, 4.69) is 35.9 Å². The third-order valence-electron chi connectivity index (χ3n) is 6.07. The Bertz CT molecular complexity index is 1430. The molecule has 1 unspecified atom stereocenters. The lowest BCUT2D eigenvalue weighted by Gasteiger charge is -2.29. The van der Waals surface area contributed by atoms with Gasteiger partial charge in [-0.05, 0) is 49.9 Å². The zero-order valence-corrected chi connectivity index (χ0v) is 23.2. The smallest absolute Gasteiger partial charge is 0.406 e. The Morgan fingerprint density at radius 2 is 1.85 bits per heavy atom. The lowest BCUT2D eigenvalue weighted by atomic mass is 9.94. The number of halogens is 3. The number of hydrogen-bond acceptors (Lipinski definition) is 9. The first-order valence-corrected chi connectivity index (χ1v) is 13.7. The van der Waals surface area contributed by atoms with Gasteiger partial charge < -0.3 is 15.2 Å². The first kappa shape index (κ1) is 30.1. The van der Waals surface area contributed by atoms with Gasteiger partial charge in [0.05, 0.1) is 12.6 Å². The molecule has 1 atom stereocenters. The highest BCUT2D eigenvalue weighted by Crippen LogP contribution is 2.25. The fraction of sp³-hybridized carbons (Fsp3) is 0.370. The third-order valence-corrected chi connectivity index (χ3v) is 6.97. The van der Waals surface area contributed by atoms with Crippen LogP contribution in [0.1, 0.15) is 54.7 Å². The normalized spacial score (nSPS) is 12.7. The number of alkyl halides is 3. The van der Waals surface area contributed by atoms with Crippen molar-refractivity contribution in [1.29, 1.82) is 0 Å². The van der Waals surface area contributed by atoms with Crippen molar-refractivity contribution in [3.05, 3.63) is 82.6 Å². The summed E-state index contributed by atoms with van der Waals surface area (Å²) in [7, 11) is 0. The Labute approximate surface area is 238 Å². The molecule has 0 saturated heterocycles. The maximum absolute atomic E-state index is 12.4. The van der Waals surface area contributed by atoms with Crippen LogP contribution in [-0.4, -0.2) is 42.6 Å². The molecule has 0 aliphatic heterocycles. The molecular weight excluding hydrogens is 559 g/mol. The van der Waals surface area contributed by atoms with Crippen molar-refractivity contribution < 1.29 is 27.8 Å². The number of aliphatic hydroxyl groups excluding tert-OH is 1. The van der Waals surface area contributed by atoms with Crippen LogP contribution >= 0.6 is 11.3 Å². The van der Waals surface area contributed by atoms with Crippen molar-refractivity contribution in [2.75, 3.05) is 5.32 Å². The van der Waals surface area contributed by atoms with Gasteiger partial charge in [0, 0.05) is 18.5 Å². The maximum Gasteiger partial charge on any atom is 0.573 e. The first-order valence-electron chi connectivity index (χ1n) is 12.8. The Kier molecular flexibility index (Phi) is 9.68. The van der Waals surface area contributed by atoms with Crippen LogP contribution in [0.4, 0.5) is 18.3 Å². The molecule has 41 heavy (non-hydrogen) atoms. The summed E-state index contributed by atoms with van der Waals surface area (Å²) in [5.74, 6) is -0.814. The van der Waals surface area contributed by atoms with Crippen LogP contribution in [0, 0.1) is 0 Å². The monoisotopic (exact) mass is 589 g/mol. The second kappa shape index (κ2) is 13.2. The Balaban J connectivity index is 1.19. The number of rotatable bonds is 13. The molecule has 0 spiro atoms. The average Bonchev–Trinajstić information content (AvgIpc) is 3.56. The summed E-state index contributed by atoms with van der Waals surface area (Å²) in [6.45, 7) is 4.56. The first-order chi connectivity index (χ1) is 19.5. The molecule has 4 aromatic rings. The number of carbonyl (C=O) groups is 1. The van der Waals surface area contributed by atoms with E-state index in [0.717, 1.165) is 23.4 Å². The van der Waals surface area contributed by atoms with Crippen LogP contribution < -0.4 is 15.4 Å². The molecule has 10 nitrogen and oxygen atoms in total. The summed E-state index contributed by atoms with van der Waals surface area (Å²) in [6, 6.07) is 15.1.